The second-order valence-electron chi connectivity index (χ2n) is 4.66. The molecule has 0 aromatic heterocycles. The molecule has 0 aliphatic rings. The molecule has 0 bridgehead atoms. The molecule has 1 aromatic rings. The van der Waals surface area contributed by atoms with Gasteiger partial charge in [0, 0.05) is 45.6 Å². The van der Waals surface area contributed by atoms with Crippen LogP contribution in [0.1, 0.15) is 12.5 Å². The van der Waals surface area contributed by atoms with Crippen molar-refractivity contribution in [3.63, 3.8) is 0 Å². The molecule has 0 radical (unpaired) electrons. The molecule has 112 valence electrons. The average molecular weight is 280 g/mol. The first kappa shape index (κ1) is 16.5. The molecule has 1 amide bonds. The van der Waals surface area contributed by atoms with Crippen molar-refractivity contribution < 1.29 is 14.3 Å². The first-order valence-corrected chi connectivity index (χ1v) is 6.69. The highest BCUT2D eigenvalue weighted by molar-refractivity contribution is 5.89. The SMILES string of the molecule is COCCN(CCOC)c1cc(NC(C)=O)ccc1C. The van der Waals surface area contributed by atoms with E-state index < -0.39 is 0 Å². The molecule has 1 aromatic carbocycles. The molecule has 0 aliphatic carbocycles. The van der Waals surface area contributed by atoms with Crippen molar-refractivity contribution in [3.8, 4) is 0 Å². The minimum absolute atomic E-state index is 0.0693. The summed E-state index contributed by atoms with van der Waals surface area (Å²) < 4.78 is 10.3. The van der Waals surface area contributed by atoms with Gasteiger partial charge >= 0.3 is 0 Å². The van der Waals surface area contributed by atoms with Crippen LogP contribution in [-0.4, -0.2) is 46.4 Å². The molecule has 0 spiro atoms. The molecule has 0 aliphatic heterocycles. The number of rotatable bonds is 8. The Morgan fingerprint density at radius 3 is 2.30 bits per heavy atom. The highest BCUT2D eigenvalue weighted by Gasteiger charge is 2.10. The quantitative estimate of drug-likeness (QED) is 0.792. The molecule has 0 atom stereocenters. The third-order valence-electron chi connectivity index (χ3n) is 3.00. The molecule has 0 saturated heterocycles. The van der Waals surface area contributed by atoms with E-state index in [-0.39, 0.29) is 5.91 Å². The number of hydrogen-bond acceptors (Lipinski definition) is 4. The molecule has 0 unspecified atom stereocenters. The lowest BCUT2D eigenvalue weighted by Crippen LogP contribution is -2.31. The van der Waals surface area contributed by atoms with Crippen LogP contribution in [0.5, 0.6) is 0 Å². The van der Waals surface area contributed by atoms with E-state index >= 15 is 0 Å². The number of aryl methyl sites for hydroxylation is 1. The van der Waals surface area contributed by atoms with Gasteiger partial charge in [0.25, 0.3) is 0 Å². The number of anilines is 2. The van der Waals surface area contributed by atoms with E-state index in [1.165, 1.54) is 6.92 Å². The number of amides is 1. The second-order valence-corrected chi connectivity index (χ2v) is 4.66. The van der Waals surface area contributed by atoms with Crippen LogP contribution in [0.2, 0.25) is 0 Å². The van der Waals surface area contributed by atoms with Crippen LogP contribution in [0.3, 0.4) is 0 Å². The van der Waals surface area contributed by atoms with Crippen LogP contribution in [0, 0.1) is 6.92 Å². The number of benzene rings is 1. The van der Waals surface area contributed by atoms with E-state index in [0.29, 0.717) is 13.2 Å². The van der Waals surface area contributed by atoms with Crippen molar-refractivity contribution >= 4 is 17.3 Å². The van der Waals surface area contributed by atoms with Crippen LogP contribution in [0.15, 0.2) is 18.2 Å². The standard InChI is InChI=1S/C15H24N2O3/c1-12-5-6-14(16-13(2)18)11-15(12)17(7-9-19-3)8-10-20-4/h5-6,11H,7-10H2,1-4H3,(H,16,18). The molecule has 1 N–H and O–H groups in total. The van der Waals surface area contributed by atoms with Crippen molar-refractivity contribution in [1.29, 1.82) is 0 Å². The van der Waals surface area contributed by atoms with Gasteiger partial charge in [-0.15, -0.1) is 0 Å². The van der Waals surface area contributed by atoms with Gasteiger partial charge in [-0.3, -0.25) is 4.79 Å². The number of nitrogens with zero attached hydrogens (tertiary/aromatic N) is 1. The summed E-state index contributed by atoms with van der Waals surface area (Å²) in [5, 5.41) is 2.81. The Labute approximate surface area is 120 Å². The van der Waals surface area contributed by atoms with Crippen LogP contribution < -0.4 is 10.2 Å². The Bertz CT molecular complexity index is 427. The first-order chi connectivity index (χ1) is 9.58. The number of ether oxygens (including phenoxy) is 2. The van der Waals surface area contributed by atoms with Crippen LogP contribution in [-0.2, 0) is 14.3 Å². The van der Waals surface area contributed by atoms with Gasteiger partial charge in [-0.05, 0) is 24.6 Å². The van der Waals surface area contributed by atoms with E-state index in [0.717, 1.165) is 30.0 Å². The summed E-state index contributed by atoms with van der Waals surface area (Å²) in [6.07, 6.45) is 0. The van der Waals surface area contributed by atoms with Crippen LogP contribution in [0.25, 0.3) is 0 Å². The fraction of sp³-hybridized carbons (Fsp3) is 0.533. The first-order valence-electron chi connectivity index (χ1n) is 6.69. The zero-order chi connectivity index (χ0) is 15.0. The number of hydrogen-bond donors (Lipinski definition) is 1. The topological polar surface area (TPSA) is 50.8 Å². The van der Waals surface area contributed by atoms with E-state index in [4.69, 9.17) is 9.47 Å². The van der Waals surface area contributed by atoms with E-state index in [2.05, 4.69) is 17.1 Å². The van der Waals surface area contributed by atoms with Crippen molar-refractivity contribution in [2.75, 3.05) is 50.7 Å². The lowest BCUT2D eigenvalue weighted by molar-refractivity contribution is -0.114. The van der Waals surface area contributed by atoms with E-state index in [1.54, 1.807) is 14.2 Å². The van der Waals surface area contributed by atoms with E-state index in [1.807, 2.05) is 18.2 Å². The fourth-order valence-corrected chi connectivity index (χ4v) is 1.99. The Hall–Kier alpha value is -1.59. The predicted octanol–water partition coefficient (Wildman–Crippen LogP) is 2.05. The highest BCUT2D eigenvalue weighted by Crippen LogP contribution is 2.24. The zero-order valence-corrected chi connectivity index (χ0v) is 12.7. The molecular weight excluding hydrogens is 256 g/mol. The van der Waals surface area contributed by atoms with Crippen molar-refractivity contribution in [1.82, 2.24) is 0 Å². The Morgan fingerprint density at radius 1 is 1.20 bits per heavy atom. The van der Waals surface area contributed by atoms with Crippen molar-refractivity contribution in [2.45, 2.75) is 13.8 Å². The normalized spacial score (nSPS) is 10.4. The van der Waals surface area contributed by atoms with Gasteiger partial charge in [0.05, 0.1) is 13.2 Å². The molecular formula is C15H24N2O3. The van der Waals surface area contributed by atoms with Crippen LogP contribution in [0.4, 0.5) is 11.4 Å². The summed E-state index contributed by atoms with van der Waals surface area (Å²) >= 11 is 0. The molecule has 5 heteroatoms. The monoisotopic (exact) mass is 280 g/mol. The Morgan fingerprint density at radius 2 is 1.80 bits per heavy atom. The van der Waals surface area contributed by atoms with Crippen molar-refractivity contribution in [3.05, 3.63) is 23.8 Å². The smallest absolute Gasteiger partial charge is 0.221 e. The van der Waals surface area contributed by atoms with Gasteiger partial charge in [0.1, 0.15) is 0 Å². The van der Waals surface area contributed by atoms with Gasteiger partial charge in [-0.1, -0.05) is 6.07 Å². The van der Waals surface area contributed by atoms with Gasteiger partial charge in [-0.25, -0.2) is 0 Å². The maximum atomic E-state index is 11.2. The third-order valence-corrected chi connectivity index (χ3v) is 3.00. The Kier molecular flexibility index (Phi) is 7.04. The fourth-order valence-electron chi connectivity index (χ4n) is 1.99. The van der Waals surface area contributed by atoms with Crippen LogP contribution >= 0.6 is 0 Å². The number of carbonyl (C=O) groups excluding carboxylic acids is 1. The summed E-state index contributed by atoms with van der Waals surface area (Å²) in [4.78, 5) is 13.4. The maximum absolute atomic E-state index is 11.2. The lowest BCUT2D eigenvalue weighted by atomic mass is 10.1. The lowest BCUT2D eigenvalue weighted by Gasteiger charge is -2.26. The molecule has 5 nitrogen and oxygen atoms in total. The number of methoxy groups -OCH3 is 2. The molecule has 20 heavy (non-hydrogen) atoms. The minimum Gasteiger partial charge on any atom is -0.383 e. The summed E-state index contributed by atoms with van der Waals surface area (Å²) in [7, 11) is 3.38. The summed E-state index contributed by atoms with van der Waals surface area (Å²) in [6.45, 7) is 6.42. The molecule has 0 fully saturated rings. The maximum Gasteiger partial charge on any atom is 0.221 e. The van der Waals surface area contributed by atoms with E-state index in [9.17, 15) is 4.79 Å². The number of carbonyl (C=O) groups is 1. The molecule has 1 rings (SSSR count). The second kappa shape index (κ2) is 8.55. The minimum atomic E-state index is -0.0693. The molecule has 0 heterocycles. The zero-order valence-electron chi connectivity index (χ0n) is 12.7. The highest BCUT2D eigenvalue weighted by atomic mass is 16.5. The summed E-state index contributed by atoms with van der Waals surface area (Å²) in [5.41, 5.74) is 3.05. The van der Waals surface area contributed by atoms with Gasteiger partial charge in [0.15, 0.2) is 0 Å². The van der Waals surface area contributed by atoms with Gasteiger partial charge < -0.3 is 19.7 Å². The largest absolute Gasteiger partial charge is 0.383 e. The van der Waals surface area contributed by atoms with Gasteiger partial charge in [-0.2, -0.15) is 0 Å². The predicted molar refractivity (Wildman–Crippen MR) is 81.4 cm³/mol. The summed E-state index contributed by atoms with van der Waals surface area (Å²) in [5.74, 6) is -0.0693. The summed E-state index contributed by atoms with van der Waals surface area (Å²) in [6, 6.07) is 5.90. The van der Waals surface area contributed by atoms with Crippen molar-refractivity contribution in [2.24, 2.45) is 0 Å². The average Bonchev–Trinajstić information content (AvgIpc) is 2.41. The molecule has 0 saturated carbocycles. The third kappa shape index (κ3) is 5.19. The van der Waals surface area contributed by atoms with Gasteiger partial charge in [0.2, 0.25) is 5.91 Å². The Balaban J connectivity index is 2.93. The number of nitrogens with one attached hydrogen (secondary N) is 1.